The van der Waals surface area contributed by atoms with Gasteiger partial charge in [0, 0.05) is 34.0 Å². The minimum absolute atomic E-state index is 0.946. The van der Waals surface area contributed by atoms with E-state index in [0.717, 1.165) is 64.3 Å². The fourth-order valence-corrected chi connectivity index (χ4v) is 9.16. The summed E-state index contributed by atoms with van der Waals surface area (Å²) in [7, 11) is 0. The third-order valence-electron chi connectivity index (χ3n) is 12.4. The Labute approximate surface area is 377 Å². The molecular formula is C62H50N2. The van der Waals surface area contributed by atoms with Crippen molar-refractivity contribution in [2.45, 2.75) is 26.2 Å². The Balaban J connectivity index is 1.07. The normalized spacial score (nSPS) is 13.2. The number of nitrogens with one attached hydrogen (secondary N) is 1. The molecule has 0 atom stereocenters. The molecule has 64 heavy (non-hydrogen) atoms. The van der Waals surface area contributed by atoms with Crippen LogP contribution in [0.3, 0.4) is 0 Å². The molecule has 2 nitrogen and oxygen atoms in total. The van der Waals surface area contributed by atoms with Crippen LogP contribution in [0, 0.1) is 0 Å². The highest BCUT2D eigenvalue weighted by Crippen LogP contribution is 2.41. The average Bonchev–Trinajstić information content (AvgIpc) is 3.60. The van der Waals surface area contributed by atoms with Gasteiger partial charge in [-0.3, -0.25) is 0 Å². The third-order valence-corrected chi connectivity index (χ3v) is 12.4. The monoisotopic (exact) mass is 822 g/mol. The zero-order chi connectivity index (χ0) is 43.2. The first kappa shape index (κ1) is 40.2. The van der Waals surface area contributed by atoms with Crippen LogP contribution in [0.25, 0.3) is 60.1 Å². The molecule has 10 rings (SSSR count). The zero-order valence-electron chi connectivity index (χ0n) is 36.2. The molecule has 0 saturated carbocycles. The molecule has 0 aliphatic heterocycles. The average molecular weight is 823 g/mol. The molecule has 1 aliphatic carbocycles. The van der Waals surface area contributed by atoms with Gasteiger partial charge in [-0.2, -0.15) is 0 Å². The highest BCUT2D eigenvalue weighted by molar-refractivity contribution is 6.13. The van der Waals surface area contributed by atoms with Crippen molar-refractivity contribution in [1.82, 2.24) is 0 Å². The predicted molar refractivity (Wildman–Crippen MR) is 277 cm³/mol. The fraction of sp³-hybridized carbons (Fsp3) is 0.0645. The van der Waals surface area contributed by atoms with Crippen LogP contribution in [0.5, 0.6) is 0 Å². The Kier molecular flexibility index (Phi) is 11.4. The first-order valence-corrected chi connectivity index (χ1v) is 22.4. The molecule has 308 valence electrons. The lowest BCUT2D eigenvalue weighted by Gasteiger charge is -2.27. The number of rotatable bonds is 11. The lowest BCUT2D eigenvalue weighted by Crippen LogP contribution is -2.10. The van der Waals surface area contributed by atoms with E-state index in [0.29, 0.717) is 0 Å². The van der Waals surface area contributed by atoms with Crippen LogP contribution in [-0.2, 0) is 0 Å². The lowest BCUT2D eigenvalue weighted by atomic mass is 9.90. The maximum Gasteiger partial charge on any atom is 0.0467 e. The number of anilines is 4. The molecule has 2 heteroatoms. The summed E-state index contributed by atoms with van der Waals surface area (Å²) in [5.74, 6) is 0. The van der Waals surface area contributed by atoms with Crippen molar-refractivity contribution < 1.29 is 0 Å². The molecule has 0 radical (unpaired) electrons. The van der Waals surface area contributed by atoms with Gasteiger partial charge in [0.25, 0.3) is 0 Å². The van der Waals surface area contributed by atoms with Crippen LogP contribution < -0.4 is 10.2 Å². The van der Waals surface area contributed by atoms with Crippen LogP contribution in [-0.4, -0.2) is 0 Å². The number of hydrogen-bond acceptors (Lipinski definition) is 2. The van der Waals surface area contributed by atoms with Crippen LogP contribution in [0.4, 0.5) is 22.7 Å². The number of benzene rings is 9. The summed E-state index contributed by atoms with van der Waals surface area (Å²) in [6.07, 6.45) is 14.0. The highest BCUT2D eigenvalue weighted by Gasteiger charge is 2.19. The SMILES string of the molecule is C=C(C1=C(Nc2ccccc2)CCCC=C1)/C(=C\C=C/C)c1cccc(N(c2ccc(-c3ccc4ccccc4c3)cc2)c2ccc(-c3cc4ccccc4c4ccccc34)cc2)c1. The number of allylic oxidation sites excluding steroid dienone is 9. The summed E-state index contributed by atoms with van der Waals surface area (Å²) in [6, 6.07) is 72.5. The fourth-order valence-electron chi connectivity index (χ4n) is 9.16. The van der Waals surface area contributed by atoms with Crippen molar-refractivity contribution in [3.8, 4) is 22.3 Å². The summed E-state index contributed by atoms with van der Waals surface area (Å²) in [4.78, 5) is 2.37. The Morgan fingerprint density at radius 3 is 1.97 bits per heavy atom. The van der Waals surface area contributed by atoms with E-state index < -0.39 is 0 Å². The van der Waals surface area contributed by atoms with Crippen LogP contribution in [0.15, 0.2) is 254 Å². The van der Waals surface area contributed by atoms with Crippen LogP contribution in [0.2, 0.25) is 0 Å². The Hall–Kier alpha value is -7.94. The predicted octanol–water partition coefficient (Wildman–Crippen LogP) is 17.6. The van der Waals surface area contributed by atoms with Gasteiger partial charge in [0.1, 0.15) is 0 Å². The molecule has 9 aromatic rings. The second-order valence-electron chi connectivity index (χ2n) is 16.5. The van der Waals surface area contributed by atoms with Gasteiger partial charge in [0.05, 0.1) is 0 Å². The van der Waals surface area contributed by atoms with Crippen molar-refractivity contribution in [2.24, 2.45) is 0 Å². The molecule has 9 aromatic carbocycles. The Bertz CT molecular complexity index is 3270. The lowest BCUT2D eigenvalue weighted by molar-refractivity contribution is 0.842. The molecule has 0 heterocycles. The molecule has 0 fully saturated rings. The zero-order valence-corrected chi connectivity index (χ0v) is 36.2. The van der Waals surface area contributed by atoms with Crippen LogP contribution in [0.1, 0.15) is 31.7 Å². The van der Waals surface area contributed by atoms with E-state index in [1.54, 1.807) is 0 Å². The van der Waals surface area contributed by atoms with Gasteiger partial charge >= 0.3 is 0 Å². The molecule has 0 bridgehead atoms. The quantitative estimate of drug-likeness (QED) is 0.103. The van der Waals surface area contributed by atoms with Gasteiger partial charge in [0.15, 0.2) is 0 Å². The van der Waals surface area contributed by atoms with Crippen molar-refractivity contribution in [1.29, 1.82) is 0 Å². The smallest absolute Gasteiger partial charge is 0.0467 e. The van der Waals surface area contributed by atoms with Gasteiger partial charge in [-0.05, 0) is 158 Å². The molecule has 0 unspecified atom stereocenters. The van der Waals surface area contributed by atoms with E-state index in [-0.39, 0.29) is 0 Å². The molecular weight excluding hydrogens is 773 g/mol. The number of fused-ring (bicyclic) bond motifs is 4. The van der Waals surface area contributed by atoms with E-state index in [2.05, 4.69) is 248 Å². The van der Waals surface area contributed by atoms with Crippen LogP contribution >= 0.6 is 0 Å². The molecule has 0 amide bonds. The summed E-state index contributed by atoms with van der Waals surface area (Å²) >= 11 is 0. The van der Waals surface area contributed by atoms with E-state index in [4.69, 9.17) is 6.58 Å². The summed E-state index contributed by atoms with van der Waals surface area (Å²) in [5.41, 5.74) is 14.6. The highest BCUT2D eigenvalue weighted by atomic mass is 15.1. The molecule has 0 saturated heterocycles. The molecule has 1 N–H and O–H groups in total. The van der Waals surface area contributed by atoms with E-state index >= 15 is 0 Å². The maximum absolute atomic E-state index is 4.80. The summed E-state index contributed by atoms with van der Waals surface area (Å²) in [6.45, 7) is 6.87. The van der Waals surface area contributed by atoms with E-state index in [9.17, 15) is 0 Å². The second-order valence-corrected chi connectivity index (χ2v) is 16.5. The number of para-hydroxylation sites is 1. The third kappa shape index (κ3) is 8.22. The second kappa shape index (κ2) is 18.2. The van der Waals surface area contributed by atoms with Gasteiger partial charge in [-0.1, -0.05) is 176 Å². The summed E-state index contributed by atoms with van der Waals surface area (Å²) in [5, 5.41) is 11.3. The van der Waals surface area contributed by atoms with Gasteiger partial charge in [0.2, 0.25) is 0 Å². The number of nitrogens with zero attached hydrogens (tertiary/aromatic N) is 1. The van der Waals surface area contributed by atoms with Gasteiger partial charge < -0.3 is 10.2 Å². The standard InChI is InChI=1S/C62H50N2/c1-3-4-25-56(44(2)57-26-9-6-10-30-62(57)63-52-22-7-5-8-23-52)50-21-17-24-55(42-50)64(53-37-33-46(34-38-53)49-32-31-45-18-11-12-19-48(45)41-49)54-39-35-47(36-40-54)61-43-51-20-13-14-27-58(51)59-28-15-16-29-60(59)61/h3-5,7-9,11-29,31-43,63H,2,6,10,30H2,1H3/b4-3-,56-25+. The van der Waals surface area contributed by atoms with Crippen molar-refractivity contribution in [2.75, 3.05) is 10.2 Å². The van der Waals surface area contributed by atoms with Gasteiger partial charge in [-0.15, -0.1) is 0 Å². The minimum atomic E-state index is 0.946. The first-order chi connectivity index (χ1) is 31.6. The summed E-state index contributed by atoms with van der Waals surface area (Å²) < 4.78 is 0. The van der Waals surface area contributed by atoms with E-state index in [1.165, 1.54) is 60.3 Å². The molecule has 0 aromatic heterocycles. The first-order valence-electron chi connectivity index (χ1n) is 22.4. The Morgan fingerprint density at radius 2 is 1.20 bits per heavy atom. The minimum Gasteiger partial charge on any atom is -0.358 e. The van der Waals surface area contributed by atoms with E-state index in [1.807, 2.05) is 0 Å². The van der Waals surface area contributed by atoms with Crippen molar-refractivity contribution in [3.05, 3.63) is 260 Å². The Morgan fingerprint density at radius 1 is 0.547 bits per heavy atom. The van der Waals surface area contributed by atoms with Crippen molar-refractivity contribution in [3.63, 3.8) is 0 Å². The topological polar surface area (TPSA) is 15.3 Å². The maximum atomic E-state index is 4.80. The largest absolute Gasteiger partial charge is 0.358 e. The molecule has 0 spiro atoms. The molecule has 1 aliphatic rings. The van der Waals surface area contributed by atoms with Gasteiger partial charge in [-0.25, -0.2) is 0 Å². The van der Waals surface area contributed by atoms with Crippen molar-refractivity contribution >= 4 is 60.6 Å². The number of hydrogen-bond donors (Lipinski definition) is 1.